The molecule has 0 radical (unpaired) electrons. The summed E-state index contributed by atoms with van der Waals surface area (Å²) >= 11 is 0. The molecule has 0 bridgehead atoms. The standard InChI is InChI=1S/C9H17NO2/c1-7-4-5-10-9(2,6-7)8(11)12-3/h7,10H,4-6H2,1-3H3. The van der Waals surface area contributed by atoms with Crippen molar-refractivity contribution in [2.45, 2.75) is 32.2 Å². The molecule has 70 valence electrons. The Hall–Kier alpha value is -0.570. The predicted molar refractivity (Wildman–Crippen MR) is 46.8 cm³/mol. The molecule has 2 unspecified atom stereocenters. The smallest absolute Gasteiger partial charge is 0.325 e. The number of piperidine rings is 1. The Kier molecular flexibility index (Phi) is 2.73. The third-order valence-corrected chi connectivity index (χ3v) is 2.54. The van der Waals surface area contributed by atoms with Gasteiger partial charge in [0.15, 0.2) is 0 Å². The average molecular weight is 171 g/mol. The van der Waals surface area contributed by atoms with Crippen molar-refractivity contribution < 1.29 is 9.53 Å². The van der Waals surface area contributed by atoms with Gasteiger partial charge in [0.2, 0.25) is 0 Å². The molecule has 0 amide bonds. The molecule has 1 fully saturated rings. The predicted octanol–water partition coefficient (Wildman–Crippen LogP) is 0.938. The van der Waals surface area contributed by atoms with Gasteiger partial charge >= 0.3 is 5.97 Å². The second kappa shape index (κ2) is 3.44. The number of ether oxygens (including phenoxy) is 1. The zero-order valence-corrected chi connectivity index (χ0v) is 8.02. The number of nitrogens with one attached hydrogen (secondary N) is 1. The molecule has 0 aromatic heterocycles. The molecule has 1 heterocycles. The van der Waals surface area contributed by atoms with Crippen LogP contribution in [-0.2, 0) is 9.53 Å². The number of hydrogen-bond acceptors (Lipinski definition) is 3. The van der Waals surface area contributed by atoms with Gasteiger partial charge in [0.05, 0.1) is 7.11 Å². The molecule has 1 rings (SSSR count). The summed E-state index contributed by atoms with van der Waals surface area (Å²) in [5.41, 5.74) is -0.452. The van der Waals surface area contributed by atoms with E-state index in [1.165, 1.54) is 7.11 Å². The number of carbonyl (C=O) groups excluding carboxylic acids is 1. The summed E-state index contributed by atoms with van der Waals surface area (Å²) in [5.74, 6) is 0.462. The van der Waals surface area contributed by atoms with Gasteiger partial charge in [0, 0.05) is 0 Å². The maximum atomic E-state index is 11.3. The second-order valence-electron chi connectivity index (χ2n) is 3.85. The van der Waals surface area contributed by atoms with Gasteiger partial charge in [-0.1, -0.05) is 6.92 Å². The summed E-state index contributed by atoms with van der Waals surface area (Å²) < 4.78 is 4.74. The topological polar surface area (TPSA) is 38.3 Å². The first-order valence-electron chi connectivity index (χ1n) is 4.42. The second-order valence-corrected chi connectivity index (χ2v) is 3.85. The lowest BCUT2D eigenvalue weighted by atomic mass is 9.84. The fraction of sp³-hybridized carbons (Fsp3) is 0.889. The molecule has 2 atom stereocenters. The largest absolute Gasteiger partial charge is 0.468 e. The number of esters is 1. The van der Waals surface area contributed by atoms with Crippen molar-refractivity contribution in [2.75, 3.05) is 13.7 Å². The van der Waals surface area contributed by atoms with Crippen molar-refractivity contribution in [3.8, 4) is 0 Å². The molecule has 0 spiro atoms. The van der Waals surface area contributed by atoms with Gasteiger partial charge in [-0.3, -0.25) is 4.79 Å². The quantitative estimate of drug-likeness (QED) is 0.597. The van der Waals surface area contributed by atoms with Crippen LogP contribution in [0.4, 0.5) is 0 Å². The molecule has 0 saturated carbocycles. The summed E-state index contributed by atoms with van der Waals surface area (Å²) in [4.78, 5) is 11.3. The first-order valence-corrected chi connectivity index (χ1v) is 4.42. The van der Waals surface area contributed by atoms with E-state index in [1.807, 2.05) is 6.92 Å². The Morgan fingerprint density at radius 1 is 1.67 bits per heavy atom. The molecule has 1 aliphatic rings. The van der Waals surface area contributed by atoms with E-state index in [0.717, 1.165) is 19.4 Å². The minimum absolute atomic E-state index is 0.144. The minimum Gasteiger partial charge on any atom is -0.468 e. The van der Waals surface area contributed by atoms with E-state index in [0.29, 0.717) is 5.92 Å². The molecule has 3 heteroatoms. The van der Waals surface area contributed by atoms with Crippen LogP contribution >= 0.6 is 0 Å². The first kappa shape index (κ1) is 9.52. The van der Waals surface area contributed by atoms with Crippen molar-refractivity contribution >= 4 is 5.97 Å². The van der Waals surface area contributed by atoms with Crippen LogP contribution in [0.5, 0.6) is 0 Å². The molecule has 0 aromatic rings. The van der Waals surface area contributed by atoms with Crippen molar-refractivity contribution in [1.82, 2.24) is 5.32 Å². The third-order valence-electron chi connectivity index (χ3n) is 2.54. The van der Waals surface area contributed by atoms with Crippen LogP contribution in [0.2, 0.25) is 0 Å². The Morgan fingerprint density at radius 3 is 2.83 bits per heavy atom. The van der Waals surface area contributed by atoms with Crippen molar-refractivity contribution in [1.29, 1.82) is 0 Å². The molecule has 1 N–H and O–H groups in total. The molecule has 0 aromatic carbocycles. The van der Waals surface area contributed by atoms with Crippen LogP contribution in [0.25, 0.3) is 0 Å². The highest BCUT2D eigenvalue weighted by atomic mass is 16.5. The van der Waals surface area contributed by atoms with Crippen LogP contribution in [-0.4, -0.2) is 25.2 Å². The molecule has 1 aliphatic heterocycles. The average Bonchev–Trinajstić information content (AvgIpc) is 2.02. The van der Waals surface area contributed by atoms with Gasteiger partial charge in [-0.15, -0.1) is 0 Å². The van der Waals surface area contributed by atoms with E-state index in [9.17, 15) is 4.79 Å². The lowest BCUT2D eigenvalue weighted by molar-refractivity contribution is -0.149. The Morgan fingerprint density at radius 2 is 2.33 bits per heavy atom. The minimum atomic E-state index is -0.452. The van der Waals surface area contributed by atoms with Gasteiger partial charge in [-0.2, -0.15) is 0 Å². The summed E-state index contributed by atoms with van der Waals surface area (Å²) in [7, 11) is 1.44. The summed E-state index contributed by atoms with van der Waals surface area (Å²) in [6.45, 7) is 4.99. The monoisotopic (exact) mass is 171 g/mol. The van der Waals surface area contributed by atoms with Gasteiger partial charge in [-0.05, 0) is 32.2 Å². The van der Waals surface area contributed by atoms with Crippen LogP contribution in [0.15, 0.2) is 0 Å². The first-order chi connectivity index (χ1) is 5.58. The number of rotatable bonds is 1. The molecular weight excluding hydrogens is 154 g/mol. The Labute approximate surface area is 73.5 Å². The van der Waals surface area contributed by atoms with E-state index in [-0.39, 0.29) is 5.97 Å². The lowest BCUT2D eigenvalue weighted by Gasteiger charge is -2.35. The maximum Gasteiger partial charge on any atom is 0.325 e. The fourth-order valence-corrected chi connectivity index (χ4v) is 1.85. The number of methoxy groups -OCH3 is 1. The summed E-state index contributed by atoms with van der Waals surface area (Å²) in [5, 5.41) is 3.20. The third kappa shape index (κ3) is 1.78. The van der Waals surface area contributed by atoms with E-state index in [2.05, 4.69) is 12.2 Å². The van der Waals surface area contributed by atoms with E-state index >= 15 is 0 Å². The van der Waals surface area contributed by atoms with Gasteiger partial charge in [-0.25, -0.2) is 0 Å². The zero-order valence-electron chi connectivity index (χ0n) is 8.02. The SMILES string of the molecule is COC(=O)C1(C)CC(C)CCN1. The van der Waals surface area contributed by atoms with E-state index < -0.39 is 5.54 Å². The van der Waals surface area contributed by atoms with Crippen LogP contribution in [0.1, 0.15) is 26.7 Å². The van der Waals surface area contributed by atoms with Gasteiger partial charge in [0.1, 0.15) is 5.54 Å². The van der Waals surface area contributed by atoms with Crippen LogP contribution in [0, 0.1) is 5.92 Å². The maximum absolute atomic E-state index is 11.3. The van der Waals surface area contributed by atoms with Gasteiger partial charge < -0.3 is 10.1 Å². The van der Waals surface area contributed by atoms with Crippen molar-refractivity contribution in [2.24, 2.45) is 5.92 Å². The lowest BCUT2D eigenvalue weighted by Crippen LogP contribution is -2.54. The Balaban J connectivity index is 2.63. The molecule has 3 nitrogen and oxygen atoms in total. The van der Waals surface area contributed by atoms with Crippen molar-refractivity contribution in [3.63, 3.8) is 0 Å². The summed E-state index contributed by atoms with van der Waals surface area (Å²) in [6.07, 6.45) is 2.02. The summed E-state index contributed by atoms with van der Waals surface area (Å²) in [6, 6.07) is 0. The fourth-order valence-electron chi connectivity index (χ4n) is 1.85. The normalized spacial score (nSPS) is 36.1. The van der Waals surface area contributed by atoms with Crippen LogP contribution < -0.4 is 5.32 Å². The van der Waals surface area contributed by atoms with Crippen molar-refractivity contribution in [3.05, 3.63) is 0 Å². The highest BCUT2D eigenvalue weighted by Crippen LogP contribution is 2.24. The molecule has 12 heavy (non-hydrogen) atoms. The highest BCUT2D eigenvalue weighted by Gasteiger charge is 2.37. The molecule has 0 aliphatic carbocycles. The zero-order chi connectivity index (χ0) is 9.19. The molecule has 1 saturated heterocycles. The van der Waals surface area contributed by atoms with Gasteiger partial charge in [0.25, 0.3) is 0 Å². The van der Waals surface area contributed by atoms with E-state index in [1.54, 1.807) is 0 Å². The molecular formula is C9H17NO2. The number of carbonyl (C=O) groups is 1. The Bertz CT molecular complexity index is 181. The highest BCUT2D eigenvalue weighted by molar-refractivity contribution is 5.80. The number of hydrogen-bond donors (Lipinski definition) is 1. The van der Waals surface area contributed by atoms with Crippen LogP contribution in [0.3, 0.4) is 0 Å². The van der Waals surface area contributed by atoms with E-state index in [4.69, 9.17) is 4.74 Å².